The first-order valence-electron chi connectivity index (χ1n) is 5.96. The van der Waals surface area contributed by atoms with Gasteiger partial charge >= 0.3 is 0 Å². The van der Waals surface area contributed by atoms with E-state index in [-0.39, 0.29) is 11.7 Å². The summed E-state index contributed by atoms with van der Waals surface area (Å²) >= 11 is 0. The topological polar surface area (TPSA) is 38.7 Å². The Bertz CT molecular complexity index is 412. The highest BCUT2D eigenvalue weighted by atomic mass is 16.5. The van der Waals surface area contributed by atoms with E-state index in [1.807, 2.05) is 39.0 Å². The van der Waals surface area contributed by atoms with Crippen LogP contribution < -0.4 is 4.74 Å². The van der Waals surface area contributed by atoms with Gasteiger partial charge in [0.15, 0.2) is 0 Å². The van der Waals surface area contributed by atoms with Gasteiger partial charge in [-0.05, 0) is 38.5 Å². The molecule has 17 heavy (non-hydrogen) atoms. The summed E-state index contributed by atoms with van der Waals surface area (Å²) in [5.74, 6) is 0.779. The number of methoxy groups -OCH3 is 1. The van der Waals surface area contributed by atoms with Gasteiger partial charge in [-0.2, -0.15) is 0 Å². The summed E-state index contributed by atoms with van der Waals surface area (Å²) in [6.45, 7) is 5.97. The monoisotopic (exact) mass is 236 g/mol. The van der Waals surface area contributed by atoms with Gasteiger partial charge in [-0.25, -0.2) is 0 Å². The van der Waals surface area contributed by atoms with Crippen LogP contribution in [0.5, 0.6) is 5.75 Å². The van der Waals surface area contributed by atoms with Crippen LogP contribution in [0, 0.1) is 0 Å². The van der Waals surface area contributed by atoms with E-state index in [1.54, 1.807) is 7.11 Å². The Hall–Kier alpha value is -1.06. The second-order valence-corrected chi connectivity index (χ2v) is 5.26. The Morgan fingerprint density at radius 3 is 2.82 bits per heavy atom. The lowest BCUT2D eigenvalue weighted by atomic mass is 9.90. The minimum atomic E-state index is -0.460. The van der Waals surface area contributed by atoms with Crippen molar-refractivity contribution in [2.45, 2.75) is 45.0 Å². The lowest BCUT2D eigenvalue weighted by Gasteiger charge is -2.35. The zero-order valence-corrected chi connectivity index (χ0v) is 10.9. The summed E-state index contributed by atoms with van der Waals surface area (Å²) in [5.41, 5.74) is 1.63. The molecule has 1 N–H and O–H groups in total. The lowest BCUT2D eigenvalue weighted by molar-refractivity contribution is 0.0112. The van der Waals surface area contributed by atoms with Crippen LogP contribution in [0.1, 0.15) is 50.5 Å². The first-order valence-corrected chi connectivity index (χ1v) is 5.96. The summed E-state index contributed by atoms with van der Waals surface area (Å²) in [6.07, 6.45) is 0.186. The molecule has 2 unspecified atom stereocenters. The summed E-state index contributed by atoms with van der Waals surface area (Å²) in [6, 6.07) is 5.88. The van der Waals surface area contributed by atoms with E-state index in [2.05, 4.69) is 0 Å². The van der Waals surface area contributed by atoms with Crippen LogP contribution in [0.2, 0.25) is 0 Å². The van der Waals surface area contributed by atoms with Crippen molar-refractivity contribution in [1.82, 2.24) is 0 Å². The van der Waals surface area contributed by atoms with Gasteiger partial charge in [0.2, 0.25) is 0 Å². The normalized spacial score (nSPS) is 23.7. The largest absolute Gasteiger partial charge is 0.487 e. The fourth-order valence-electron chi connectivity index (χ4n) is 2.22. The lowest BCUT2D eigenvalue weighted by Crippen LogP contribution is -2.34. The highest BCUT2D eigenvalue weighted by Crippen LogP contribution is 2.40. The van der Waals surface area contributed by atoms with E-state index in [0.29, 0.717) is 6.42 Å². The summed E-state index contributed by atoms with van der Waals surface area (Å²) < 4.78 is 11.1. The quantitative estimate of drug-likeness (QED) is 0.858. The van der Waals surface area contributed by atoms with Crippen LogP contribution in [0.25, 0.3) is 0 Å². The second kappa shape index (κ2) is 4.31. The number of hydrogen-bond donors (Lipinski definition) is 1. The number of benzene rings is 1. The fourth-order valence-corrected chi connectivity index (χ4v) is 2.22. The Labute approximate surface area is 102 Å². The van der Waals surface area contributed by atoms with Gasteiger partial charge in [-0.3, -0.25) is 0 Å². The molecule has 1 aromatic carbocycles. The number of ether oxygens (including phenoxy) is 2. The molecule has 0 fully saturated rings. The number of aliphatic hydroxyl groups is 1. The predicted molar refractivity (Wildman–Crippen MR) is 66.1 cm³/mol. The van der Waals surface area contributed by atoms with Crippen molar-refractivity contribution in [3.63, 3.8) is 0 Å². The van der Waals surface area contributed by atoms with Crippen molar-refractivity contribution in [1.29, 1.82) is 0 Å². The van der Waals surface area contributed by atoms with E-state index >= 15 is 0 Å². The molecule has 0 aromatic heterocycles. The van der Waals surface area contributed by atoms with Crippen LogP contribution in [-0.2, 0) is 4.74 Å². The minimum Gasteiger partial charge on any atom is -0.487 e. The predicted octanol–water partition coefficient (Wildman–Crippen LogP) is 2.99. The molecule has 1 aliphatic heterocycles. The smallest absolute Gasteiger partial charge is 0.125 e. The first kappa shape index (κ1) is 12.4. The molecule has 3 heteroatoms. The third kappa shape index (κ3) is 2.45. The van der Waals surface area contributed by atoms with Crippen molar-refractivity contribution in [3.8, 4) is 5.75 Å². The molecule has 0 spiro atoms. The van der Waals surface area contributed by atoms with Gasteiger partial charge in [-0.1, -0.05) is 6.07 Å². The van der Waals surface area contributed by atoms with Crippen molar-refractivity contribution >= 4 is 0 Å². The summed E-state index contributed by atoms with van der Waals surface area (Å²) in [5, 5.41) is 10.2. The molecule has 1 heterocycles. The van der Waals surface area contributed by atoms with Crippen LogP contribution in [0.4, 0.5) is 0 Å². The van der Waals surface area contributed by atoms with E-state index < -0.39 is 6.10 Å². The highest BCUT2D eigenvalue weighted by Gasteiger charge is 2.32. The van der Waals surface area contributed by atoms with Crippen molar-refractivity contribution in [2.75, 3.05) is 7.11 Å². The summed E-state index contributed by atoms with van der Waals surface area (Å²) in [7, 11) is 1.68. The third-order valence-corrected chi connectivity index (χ3v) is 3.29. The standard InChI is InChI=1S/C14H20O3/c1-9(16-4)10-5-6-13-11(7-10)12(15)8-14(2,3)17-13/h5-7,9,12,15H,8H2,1-4H3. The van der Waals surface area contributed by atoms with E-state index in [4.69, 9.17) is 9.47 Å². The highest BCUT2D eigenvalue weighted by molar-refractivity contribution is 5.41. The molecule has 2 atom stereocenters. The second-order valence-electron chi connectivity index (χ2n) is 5.26. The van der Waals surface area contributed by atoms with Gasteiger partial charge in [-0.15, -0.1) is 0 Å². The van der Waals surface area contributed by atoms with Gasteiger partial charge < -0.3 is 14.6 Å². The van der Waals surface area contributed by atoms with Crippen LogP contribution in [0.15, 0.2) is 18.2 Å². The van der Waals surface area contributed by atoms with Gasteiger partial charge in [0, 0.05) is 19.1 Å². The SMILES string of the molecule is COC(C)c1ccc2c(c1)C(O)CC(C)(C)O2. The number of fused-ring (bicyclic) bond motifs is 1. The maximum absolute atomic E-state index is 10.2. The molecule has 0 saturated heterocycles. The molecular formula is C14H20O3. The molecule has 0 bridgehead atoms. The van der Waals surface area contributed by atoms with E-state index in [9.17, 15) is 5.11 Å². The number of rotatable bonds is 2. The maximum atomic E-state index is 10.2. The average molecular weight is 236 g/mol. The van der Waals surface area contributed by atoms with E-state index in [1.165, 1.54) is 0 Å². The Morgan fingerprint density at radius 2 is 2.18 bits per heavy atom. The number of hydrogen-bond acceptors (Lipinski definition) is 3. The Morgan fingerprint density at radius 1 is 1.47 bits per heavy atom. The van der Waals surface area contributed by atoms with Crippen molar-refractivity contribution in [3.05, 3.63) is 29.3 Å². The van der Waals surface area contributed by atoms with Gasteiger partial charge in [0.1, 0.15) is 11.4 Å². The zero-order valence-electron chi connectivity index (χ0n) is 10.9. The Kier molecular flexibility index (Phi) is 3.15. The minimum absolute atomic E-state index is 0.0300. The van der Waals surface area contributed by atoms with Crippen molar-refractivity contribution < 1.29 is 14.6 Å². The average Bonchev–Trinajstić information content (AvgIpc) is 2.26. The molecule has 0 amide bonds. The number of aliphatic hydroxyl groups excluding tert-OH is 1. The van der Waals surface area contributed by atoms with Crippen LogP contribution in [-0.4, -0.2) is 17.8 Å². The molecule has 0 radical (unpaired) electrons. The molecule has 1 aliphatic rings. The Balaban J connectivity index is 2.37. The molecular weight excluding hydrogens is 216 g/mol. The van der Waals surface area contributed by atoms with Crippen molar-refractivity contribution in [2.24, 2.45) is 0 Å². The van der Waals surface area contributed by atoms with Gasteiger partial charge in [0.05, 0.1) is 12.2 Å². The third-order valence-electron chi connectivity index (χ3n) is 3.29. The van der Waals surface area contributed by atoms with Crippen LogP contribution >= 0.6 is 0 Å². The van der Waals surface area contributed by atoms with Crippen LogP contribution in [0.3, 0.4) is 0 Å². The molecule has 0 saturated carbocycles. The van der Waals surface area contributed by atoms with Gasteiger partial charge in [0.25, 0.3) is 0 Å². The summed E-state index contributed by atoms with van der Waals surface area (Å²) in [4.78, 5) is 0. The fraction of sp³-hybridized carbons (Fsp3) is 0.571. The molecule has 2 rings (SSSR count). The van der Waals surface area contributed by atoms with E-state index in [0.717, 1.165) is 16.9 Å². The molecule has 3 nitrogen and oxygen atoms in total. The zero-order chi connectivity index (χ0) is 12.6. The molecule has 0 aliphatic carbocycles. The first-order chi connectivity index (χ1) is 7.93. The molecule has 1 aromatic rings. The maximum Gasteiger partial charge on any atom is 0.125 e. The molecule has 94 valence electrons.